The lowest BCUT2D eigenvalue weighted by Gasteiger charge is -2.16. The van der Waals surface area contributed by atoms with E-state index in [9.17, 15) is 4.39 Å². The van der Waals surface area contributed by atoms with Gasteiger partial charge in [0.2, 0.25) is 0 Å². The molecule has 136 valence electrons. The van der Waals surface area contributed by atoms with E-state index in [4.69, 9.17) is 28.9 Å². The first-order valence-corrected chi connectivity index (χ1v) is 8.89. The van der Waals surface area contributed by atoms with Crippen LogP contribution in [-0.2, 0) is 0 Å². The number of alkyl halides is 1. The Hall–Kier alpha value is -2.17. The topological polar surface area (TPSA) is 50.1 Å². The van der Waals surface area contributed by atoms with Crippen LogP contribution in [0.25, 0.3) is 5.70 Å². The van der Waals surface area contributed by atoms with Crippen molar-refractivity contribution in [2.24, 2.45) is 5.92 Å². The second-order valence-electron chi connectivity index (χ2n) is 6.69. The lowest BCUT2D eigenvalue weighted by molar-refractivity contribution is 0.636. The van der Waals surface area contributed by atoms with Gasteiger partial charge in [0.05, 0.1) is 21.3 Å². The summed E-state index contributed by atoms with van der Waals surface area (Å²) < 4.78 is 14.1. The Balaban J connectivity index is 1.78. The molecule has 0 spiro atoms. The molecule has 2 unspecified atom stereocenters. The van der Waals surface area contributed by atoms with Crippen molar-refractivity contribution in [3.63, 3.8) is 0 Å². The molecule has 2 atom stereocenters. The molecular formula is C20H20Cl2FN3. The predicted molar refractivity (Wildman–Crippen MR) is 110 cm³/mol. The number of hydrogen-bond donors (Lipinski definition) is 3. The van der Waals surface area contributed by atoms with E-state index < -0.39 is 5.82 Å². The molecule has 1 fully saturated rings. The SMILES string of the molecule is C=C(Nc1cccc(N)c1F)c1cc(NC(=C)C2CC2(C)Cl)ccc1Cl. The second kappa shape index (κ2) is 6.86. The van der Waals surface area contributed by atoms with E-state index in [0.29, 0.717) is 16.3 Å². The molecule has 3 rings (SSSR count). The first kappa shape index (κ1) is 18.6. The molecule has 1 saturated carbocycles. The molecule has 3 nitrogen and oxygen atoms in total. The Kier molecular flexibility index (Phi) is 4.91. The summed E-state index contributed by atoms with van der Waals surface area (Å²) in [6, 6.07) is 10.2. The normalized spacial score (nSPS) is 21.2. The molecule has 26 heavy (non-hydrogen) atoms. The van der Waals surface area contributed by atoms with Crippen LogP contribution in [0.15, 0.2) is 55.3 Å². The highest BCUT2D eigenvalue weighted by Crippen LogP contribution is 2.52. The van der Waals surface area contributed by atoms with E-state index in [1.807, 2.05) is 19.1 Å². The van der Waals surface area contributed by atoms with Gasteiger partial charge in [-0.15, -0.1) is 11.6 Å². The fraction of sp³-hybridized carbons (Fsp3) is 0.200. The summed E-state index contributed by atoms with van der Waals surface area (Å²) in [7, 11) is 0. The van der Waals surface area contributed by atoms with Gasteiger partial charge in [0.25, 0.3) is 0 Å². The molecule has 4 N–H and O–H groups in total. The Morgan fingerprint density at radius 3 is 2.62 bits per heavy atom. The van der Waals surface area contributed by atoms with Gasteiger partial charge >= 0.3 is 0 Å². The average Bonchev–Trinajstić information content (AvgIpc) is 3.22. The van der Waals surface area contributed by atoms with E-state index in [1.54, 1.807) is 18.2 Å². The summed E-state index contributed by atoms with van der Waals surface area (Å²) in [5.74, 6) is -0.298. The molecule has 0 heterocycles. The molecule has 0 radical (unpaired) electrons. The molecule has 1 aliphatic rings. The minimum atomic E-state index is -0.525. The van der Waals surface area contributed by atoms with Crippen molar-refractivity contribution in [3.8, 4) is 0 Å². The van der Waals surface area contributed by atoms with Gasteiger partial charge in [0.15, 0.2) is 5.82 Å². The summed E-state index contributed by atoms with van der Waals surface area (Å²) in [6.07, 6.45) is 0.893. The molecule has 6 heteroatoms. The number of anilines is 3. The van der Waals surface area contributed by atoms with Crippen LogP contribution in [0.4, 0.5) is 21.5 Å². The standard InChI is InChI=1S/C20H20Cl2FN3/c1-11(26-18-6-4-5-17(24)19(18)23)14-9-13(7-8-16(14)21)25-12(2)15-10-20(15,3)22/h4-9,15,25-26H,1-2,10,24H2,3H3. The van der Waals surface area contributed by atoms with Crippen molar-refractivity contribution >= 4 is 46.0 Å². The zero-order valence-electron chi connectivity index (χ0n) is 14.4. The highest BCUT2D eigenvalue weighted by atomic mass is 35.5. The maximum Gasteiger partial charge on any atom is 0.169 e. The molecule has 0 aromatic heterocycles. The van der Waals surface area contributed by atoms with Gasteiger partial charge < -0.3 is 16.4 Å². The summed E-state index contributed by atoms with van der Waals surface area (Å²) in [5, 5.41) is 6.69. The maximum absolute atomic E-state index is 14.1. The zero-order valence-corrected chi connectivity index (χ0v) is 15.9. The first-order chi connectivity index (χ1) is 12.2. The van der Waals surface area contributed by atoms with E-state index in [2.05, 4.69) is 23.8 Å². The molecule has 0 saturated heterocycles. The van der Waals surface area contributed by atoms with Crippen LogP contribution >= 0.6 is 23.2 Å². The van der Waals surface area contributed by atoms with Gasteiger partial charge in [-0.25, -0.2) is 4.39 Å². The van der Waals surface area contributed by atoms with Crippen molar-refractivity contribution in [2.45, 2.75) is 18.2 Å². The lowest BCUT2D eigenvalue weighted by atomic mass is 10.1. The third kappa shape index (κ3) is 3.81. The molecule has 2 aromatic rings. The van der Waals surface area contributed by atoms with E-state index in [-0.39, 0.29) is 22.2 Å². The molecular weight excluding hydrogens is 372 g/mol. The maximum atomic E-state index is 14.1. The first-order valence-electron chi connectivity index (χ1n) is 8.13. The number of benzene rings is 2. The van der Waals surface area contributed by atoms with Gasteiger partial charge in [0, 0.05) is 28.6 Å². The van der Waals surface area contributed by atoms with Gasteiger partial charge in [0.1, 0.15) is 0 Å². The largest absolute Gasteiger partial charge is 0.396 e. The summed E-state index contributed by atoms with van der Waals surface area (Å²) in [5.41, 5.74) is 8.68. The van der Waals surface area contributed by atoms with Crippen LogP contribution < -0.4 is 16.4 Å². The van der Waals surface area contributed by atoms with Crippen molar-refractivity contribution in [1.29, 1.82) is 0 Å². The number of nitrogens with two attached hydrogens (primary N) is 1. The minimum absolute atomic E-state index is 0.0640. The number of halogens is 3. The van der Waals surface area contributed by atoms with Gasteiger partial charge in [-0.05, 0) is 43.7 Å². The van der Waals surface area contributed by atoms with Crippen LogP contribution in [0.1, 0.15) is 18.9 Å². The Morgan fingerprint density at radius 1 is 1.27 bits per heavy atom. The van der Waals surface area contributed by atoms with Crippen LogP contribution in [0.3, 0.4) is 0 Å². The molecule has 2 aromatic carbocycles. The quantitative estimate of drug-likeness (QED) is 0.412. The zero-order chi connectivity index (χ0) is 19.1. The fourth-order valence-corrected chi connectivity index (χ4v) is 3.33. The minimum Gasteiger partial charge on any atom is -0.396 e. The average molecular weight is 392 g/mol. The highest BCUT2D eigenvalue weighted by molar-refractivity contribution is 6.32. The molecule has 0 aliphatic heterocycles. The lowest BCUT2D eigenvalue weighted by Crippen LogP contribution is -2.06. The number of hydrogen-bond acceptors (Lipinski definition) is 3. The van der Waals surface area contributed by atoms with Crippen molar-refractivity contribution in [2.75, 3.05) is 16.4 Å². The highest BCUT2D eigenvalue weighted by Gasteiger charge is 2.50. The van der Waals surface area contributed by atoms with Crippen molar-refractivity contribution < 1.29 is 4.39 Å². The van der Waals surface area contributed by atoms with Crippen LogP contribution in [0.2, 0.25) is 5.02 Å². The number of nitrogens with one attached hydrogen (secondary N) is 2. The Bertz CT molecular complexity index is 893. The van der Waals surface area contributed by atoms with E-state index in [0.717, 1.165) is 17.8 Å². The summed E-state index contributed by atoms with van der Waals surface area (Å²) in [4.78, 5) is -0.227. The van der Waals surface area contributed by atoms with Crippen LogP contribution in [0, 0.1) is 11.7 Å². The number of nitrogen functional groups attached to an aromatic ring is 1. The predicted octanol–water partition coefficient (Wildman–Crippen LogP) is 6.09. The van der Waals surface area contributed by atoms with Gasteiger partial charge in [-0.3, -0.25) is 0 Å². The monoisotopic (exact) mass is 391 g/mol. The summed E-state index contributed by atoms with van der Waals surface area (Å²) >= 11 is 12.6. The van der Waals surface area contributed by atoms with Crippen LogP contribution in [0.5, 0.6) is 0 Å². The van der Waals surface area contributed by atoms with E-state index in [1.165, 1.54) is 6.07 Å². The number of rotatable bonds is 6. The third-order valence-electron chi connectivity index (χ3n) is 4.50. The fourth-order valence-electron chi connectivity index (χ4n) is 2.81. The van der Waals surface area contributed by atoms with Crippen molar-refractivity contribution in [1.82, 2.24) is 0 Å². The third-order valence-corrected chi connectivity index (χ3v) is 5.25. The van der Waals surface area contributed by atoms with Gasteiger partial charge in [-0.2, -0.15) is 0 Å². The molecule has 0 bridgehead atoms. The van der Waals surface area contributed by atoms with E-state index >= 15 is 0 Å². The molecule has 1 aliphatic carbocycles. The van der Waals surface area contributed by atoms with Gasteiger partial charge in [-0.1, -0.05) is 30.8 Å². The second-order valence-corrected chi connectivity index (χ2v) is 7.96. The van der Waals surface area contributed by atoms with Crippen LogP contribution in [-0.4, -0.2) is 4.87 Å². The smallest absolute Gasteiger partial charge is 0.169 e. The number of allylic oxidation sites excluding steroid dienone is 1. The Labute approximate surface area is 162 Å². The summed E-state index contributed by atoms with van der Waals surface area (Å²) in [6.45, 7) is 10.0. The Morgan fingerprint density at radius 2 is 1.96 bits per heavy atom. The van der Waals surface area contributed by atoms with Crippen molar-refractivity contribution in [3.05, 3.63) is 71.7 Å². The molecule has 0 amide bonds.